The monoisotopic (exact) mass is 250 g/mol. The SMILES string of the molecule is CCNC(=NCc1c(C)noc1C)N1CCCC1. The van der Waals surface area contributed by atoms with Crippen LogP contribution in [0.1, 0.15) is 36.8 Å². The van der Waals surface area contributed by atoms with Crippen molar-refractivity contribution in [2.45, 2.75) is 40.2 Å². The second kappa shape index (κ2) is 5.89. The molecule has 18 heavy (non-hydrogen) atoms. The van der Waals surface area contributed by atoms with Gasteiger partial charge in [-0.3, -0.25) is 0 Å². The minimum atomic E-state index is 0.639. The molecule has 0 radical (unpaired) electrons. The minimum absolute atomic E-state index is 0.639. The summed E-state index contributed by atoms with van der Waals surface area (Å²) in [5, 5.41) is 7.31. The van der Waals surface area contributed by atoms with Crippen molar-refractivity contribution in [3.05, 3.63) is 17.0 Å². The van der Waals surface area contributed by atoms with Crippen LogP contribution in [0.25, 0.3) is 0 Å². The van der Waals surface area contributed by atoms with Crippen molar-refractivity contribution in [1.29, 1.82) is 0 Å². The van der Waals surface area contributed by atoms with Crippen molar-refractivity contribution in [1.82, 2.24) is 15.4 Å². The van der Waals surface area contributed by atoms with Gasteiger partial charge in [-0.25, -0.2) is 4.99 Å². The molecule has 0 saturated carbocycles. The molecule has 2 heterocycles. The fraction of sp³-hybridized carbons (Fsp3) is 0.692. The third-order valence-corrected chi connectivity index (χ3v) is 3.31. The van der Waals surface area contributed by atoms with Crippen LogP contribution in [0.3, 0.4) is 0 Å². The Kier molecular flexibility index (Phi) is 4.23. The number of hydrogen-bond acceptors (Lipinski definition) is 3. The number of guanidine groups is 1. The molecule has 0 amide bonds. The van der Waals surface area contributed by atoms with Crippen LogP contribution in [0.15, 0.2) is 9.52 Å². The van der Waals surface area contributed by atoms with E-state index in [0.717, 1.165) is 42.6 Å². The summed E-state index contributed by atoms with van der Waals surface area (Å²) in [6, 6.07) is 0. The van der Waals surface area contributed by atoms with Crippen LogP contribution in [0.4, 0.5) is 0 Å². The third kappa shape index (κ3) is 2.83. The Balaban J connectivity index is 2.08. The number of aryl methyl sites for hydroxylation is 2. The van der Waals surface area contributed by atoms with E-state index in [2.05, 4.69) is 22.3 Å². The Morgan fingerprint density at radius 3 is 2.67 bits per heavy atom. The summed E-state index contributed by atoms with van der Waals surface area (Å²) in [5.74, 6) is 1.88. The van der Waals surface area contributed by atoms with E-state index in [1.54, 1.807) is 0 Å². The highest BCUT2D eigenvalue weighted by molar-refractivity contribution is 5.80. The van der Waals surface area contributed by atoms with Gasteiger partial charge in [0.05, 0.1) is 12.2 Å². The van der Waals surface area contributed by atoms with E-state index in [0.29, 0.717) is 6.54 Å². The predicted octanol–water partition coefficient (Wildman–Crippen LogP) is 1.85. The summed E-state index contributed by atoms with van der Waals surface area (Å²) >= 11 is 0. The lowest BCUT2D eigenvalue weighted by Crippen LogP contribution is -2.39. The molecule has 1 aromatic heterocycles. The molecule has 1 fully saturated rings. The highest BCUT2D eigenvalue weighted by atomic mass is 16.5. The summed E-state index contributed by atoms with van der Waals surface area (Å²) in [6.07, 6.45) is 2.52. The first-order valence-electron chi connectivity index (χ1n) is 6.67. The van der Waals surface area contributed by atoms with Gasteiger partial charge in [-0.15, -0.1) is 0 Å². The molecule has 0 aromatic carbocycles. The number of rotatable bonds is 3. The van der Waals surface area contributed by atoms with Crippen LogP contribution in [0, 0.1) is 13.8 Å². The van der Waals surface area contributed by atoms with Crippen molar-refractivity contribution in [3.8, 4) is 0 Å². The predicted molar refractivity (Wildman–Crippen MR) is 71.6 cm³/mol. The maximum Gasteiger partial charge on any atom is 0.194 e. The Hall–Kier alpha value is -1.52. The summed E-state index contributed by atoms with van der Waals surface area (Å²) in [4.78, 5) is 7.01. The Morgan fingerprint density at radius 1 is 1.39 bits per heavy atom. The topological polar surface area (TPSA) is 53.7 Å². The normalized spacial score (nSPS) is 16.4. The van der Waals surface area contributed by atoms with Crippen LogP contribution >= 0.6 is 0 Å². The Morgan fingerprint density at radius 2 is 2.11 bits per heavy atom. The zero-order valence-corrected chi connectivity index (χ0v) is 11.5. The molecule has 1 aromatic rings. The van der Waals surface area contributed by atoms with E-state index in [1.165, 1.54) is 12.8 Å². The fourth-order valence-electron chi connectivity index (χ4n) is 2.24. The van der Waals surface area contributed by atoms with Crippen LogP contribution < -0.4 is 5.32 Å². The lowest BCUT2D eigenvalue weighted by molar-refractivity contribution is 0.392. The van der Waals surface area contributed by atoms with Crippen molar-refractivity contribution >= 4 is 5.96 Å². The van der Waals surface area contributed by atoms with Gasteiger partial charge in [0, 0.05) is 25.2 Å². The molecule has 5 heteroatoms. The number of hydrogen-bond donors (Lipinski definition) is 1. The molecule has 0 atom stereocenters. The van der Waals surface area contributed by atoms with Crippen molar-refractivity contribution < 1.29 is 4.52 Å². The molecule has 0 spiro atoms. The zero-order valence-electron chi connectivity index (χ0n) is 11.5. The largest absolute Gasteiger partial charge is 0.361 e. The van der Waals surface area contributed by atoms with Crippen LogP contribution in [-0.2, 0) is 6.54 Å². The zero-order chi connectivity index (χ0) is 13.0. The van der Waals surface area contributed by atoms with Gasteiger partial charge in [0.15, 0.2) is 5.96 Å². The minimum Gasteiger partial charge on any atom is -0.361 e. The molecule has 100 valence electrons. The number of nitrogens with zero attached hydrogens (tertiary/aromatic N) is 3. The first-order valence-corrected chi connectivity index (χ1v) is 6.67. The molecule has 1 N–H and O–H groups in total. The molecule has 0 aliphatic carbocycles. The van der Waals surface area contributed by atoms with Crippen molar-refractivity contribution in [3.63, 3.8) is 0 Å². The summed E-state index contributed by atoms with van der Waals surface area (Å²) in [7, 11) is 0. The number of nitrogens with one attached hydrogen (secondary N) is 1. The van der Waals surface area contributed by atoms with Crippen LogP contribution in [0.2, 0.25) is 0 Å². The lowest BCUT2D eigenvalue weighted by Gasteiger charge is -2.20. The smallest absolute Gasteiger partial charge is 0.194 e. The lowest BCUT2D eigenvalue weighted by atomic mass is 10.2. The second-order valence-corrected chi connectivity index (χ2v) is 4.67. The number of aromatic nitrogens is 1. The van der Waals surface area contributed by atoms with Crippen molar-refractivity contribution in [2.24, 2.45) is 4.99 Å². The molecule has 1 saturated heterocycles. The molecule has 1 aliphatic rings. The van der Waals surface area contributed by atoms with Gasteiger partial charge in [0.1, 0.15) is 5.76 Å². The second-order valence-electron chi connectivity index (χ2n) is 4.67. The molecule has 1 aliphatic heterocycles. The van der Waals surface area contributed by atoms with E-state index in [9.17, 15) is 0 Å². The number of aliphatic imine (C=N–C) groups is 1. The molecule has 2 rings (SSSR count). The van der Waals surface area contributed by atoms with Crippen molar-refractivity contribution in [2.75, 3.05) is 19.6 Å². The van der Waals surface area contributed by atoms with E-state index >= 15 is 0 Å². The maximum atomic E-state index is 5.16. The van der Waals surface area contributed by atoms with Gasteiger partial charge in [-0.05, 0) is 33.6 Å². The average Bonchev–Trinajstić information content (AvgIpc) is 2.97. The molecular weight excluding hydrogens is 228 g/mol. The fourth-order valence-corrected chi connectivity index (χ4v) is 2.24. The molecular formula is C13H22N4O. The van der Waals surface area contributed by atoms with E-state index < -0.39 is 0 Å². The van der Waals surface area contributed by atoms with E-state index in [-0.39, 0.29) is 0 Å². The van der Waals surface area contributed by atoms with E-state index in [4.69, 9.17) is 9.52 Å². The standard InChI is InChI=1S/C13H22N4O/c1-4-14-13(17-7-5-6-8-17)15-9-12-10(2)16-18-11(12)3/h4-9H2,1-3H3,(H,14,15). The Bertz CT molecular complexity index is 399. The van der Waals surface area contributed by atoms with E-state index in [1.807, 2.05) is 13.8 Å². The molecule has 5 nitrogen and oxygen atoms in total. The quantitative estimate of drug-likeness (QED) is 0.657. The van der Waals surface area contributed by atoms with Gasteiger partial charge >= 0.3 is 0 Å². The van der Waals surface area contributed by atoms with Gasteiger partial charge in [0.2, 0.25) is 0 Å². The third-order valence-electron chi connectivity index (χ3n) is 3.31. The number of likely N-dealkylation sites (tertiary alicyclic amines) is 1. The van der Waals surface area contributed by atoms with Crippen LogP contribution in [-0.4, -0.2) is 35.7 Å². The summed E-state index contributed by atoms with van der Waals surface area (Å²) in [5.41, 5.74) is 2.04. The van der Waals surface area contributed by atoms with Gasteiger partial charge in [-0.1, -0.05) is 5.16 Å². The van der Waals surface area contributed by atoms with Gasteiger partial charge < -0.3 is 14.7 Å². The summed E-state index contributed by atoms with van der Waals surface area (Å²) in [6.45, 7) is 9.75. The molecule has 0 bridgehead atoms. The van der Waals surface area contributed by atoms with Gasteiger partial charge in [-0.2, -0.15) is 0 Å². The highest BCUT2D eigenvalue weighted by Crippen LogP contribution is 2.14. The highest BCUT2D eigenvalue weighted by Gasteiger charge is 2.16. The first kappa shape index (κ1) is 12.9. The first-order chi connectivity index (χ1) is 8.72. The Labute approximate surface area is 108 Å². The maximum absolute atomic E-state index is 5.16. The van der Waals surface area contributed by atoms with Gasteiger partial charge in [0.25, 0.3) is 0 Å². The average molecular weight is 250 g/mol. The molecule has 0 unspecified atom stereocenters. The summed E-state index contributed by atoms with van der Waals surface area (Å²) < 4.78 is 5.16. The van der Waals surface area contributed by atoms with Crippen LogP contribution in [0.5, 0.6) is 0 Å².